The number of carbonyl (C=O) groups excluding carboxylic acids is 2. The van der Waals surface area contributed by atoms with Crippen molar-refractivity contribution < 1.29 is 18.9 Å². The van der Waals surface area contributed by atoms with Crippen molar-refractivity contribution in [1.29, 1.82) is 0 Å². The Balaban J connectivity index is 2.12. The van der Waals surface area contributed by atoms with Crippen molar-refractivity contribution in [2.45, 2.75) is 19.4 Å². The molecule has 7 nitrogen and oxygen atoms in total. The zero-order valence-corrected chi connectivity index (χ0v) is 13.4. The zero-order chi connectivity index (χ0) is 18.4. The number of benzene rings is 2. The summed E-state index contributed by atoms with van der Waals surface area (Å²) in [6.45, 7) is 1.34. The number of halogens is 1. The van der Waals surface area contributed by atoms with Crippen molar-refractivity contribution >= 4 is 23.2 Å². The molecule has 0 bridgehead atoms. The molecule has 8 heteroatoms. The largest absolute Gasteiger partial charge is 0.349 e. The molecule has 0 fully saturated rings. The molecule has 0 aliphatic heterocycles. The highest BCUT2D eigenvalue weighted by Gasteiger charge is 2.19. The fraction of sp³-hybridized carbons (Fsp3) is 0.176. The summed E-state index contributed by atoms with van der Waals surface area (Å²) in [7, 11) is 0. The Bertz CT molecular complexity index is 796. The number of nitro benzene ring substituents is 1. The van der Waals surface area contributed by atoms with E-state index in [1.165, 1.54) is 13.0 Å². The maximum atomic E-state index is 13.3. The van der Waals surface area contributed by atoms with E-state index in [0.29, 0.717) is 0 Å². The van der Waals surface area contributed by atoms with Gasteiger partial charge in [0.15, 0.2) is 0 Å². The molecule has 0 spiro atoms. The molecule has 2 aromatic carbocycles. The van der Waals surface area contributed by atoms with Crippen LogP contribution in [0.1, 0.15) is 24.9 Å². The minimum absolute atomic E-state index is 0.0746. The van der Waals surface area contributed by atoms with Crippen LogP contribution in [0.3, 0.4) is 0 Å². The van der Waals surface area contributed by atoms with Gasteiger partial charge in [-0.1, -0.05) is 30.3 Å². The van der Waals surface area contributed by atoms with Crippen molar-refractivity contribution in [2.75, 3.05) is 5.32 Å². The number of hydrogen-bond donors (Lipinski definition) is 2. The Morgan fingerprint density at radius 3 is 2.48 bits per heavy atom. The van der Waals surface area contributed by atoms with Gasteiger partial charge in [-0.3, -0.25) is 19.7 Å². The first-order valence-electron chi connectivity index (χ1n) is 7.42. The molecule has 0 radical (unpaired) electrons. The molecule has 2 rings (SSSR count). The number of rotatable bonds is 6. The maximum Gasteiger partial charge on any atom is 0.306 e. The summed E-state index contributed by atoms with van der Waals surface area (Å²) in [5.41, 5.74) is 0.130. The summed E-state index contributed by atoms with van der Waals surface area (Å²) in [5, 5.41) is 15.9. The van der Waals surface area contributed by atoms with Crippen molar-refractivity contribution in [1.82, 2.24) is 5.32 Å². The number of hydrogen-bond acceptors (Lipinski definition) is 4. The second-order valence-electron chi connectivity index (χ2n) is 5.34. The molecule has 2 aromatic rings. The van der Waals surface area contributed by atoms with Gasteiger partial charge in [-0.15, -0.1) is 0 Å². The van der Waals surface area contributed by atoms with E-state index in [-0.39, 0.29) is 18.0 Å². The molecule has 25 heavy (non-hydrogen) atoms. The molecule has 2 N–H and O–H groups in total. The van der Waals surface area contributed by atoms with Crippen molar-refractivity contribution in [3.63, 3.8) is 0 Å². The normalized spacial score (nSPS) is 11.4. The molecular weight excluding hydrogens is 329 g/mol. The predicted molar refractivity (Wildman–Crippen MR) is 89.3 cm³/mol. The fourth-order valence-corrected chi connectivity index (χ4v) is 2.31. The molecule has 0 aliphatic rings. The van der Waals surface area contributed by atoms with Crippen molar-refractivity contribution in [3.05, 3.63) is 70.0 Å². The SMILES string of the molecule is CC(=O)N[C@H](CC(=O)Nc1ccc(F)c([N+](=O)[O-])c1)c1ccccc1. The average Bonchev–Trinajstić information content (AvgIpc) is 2.56. The lowest BCUT2D eigenvalue weighted by Gasteiger charge is -2.18. The molecule has 0 aromatic heterocycles. The van der Waals surface area contributed by atoms with Gasteiger partial charge >= 0.3 is 5.69 Å². The summed E-state index contributed by atoms with van der Waals surface area (Å²) >= 11 is 0. The van der Waals surface area contributed by atoms with Gasteiger partial charge < -0.3 is 10.6 Å². The molecule has 0 saturated heterocycles. The van der Waals surface area contributed by atoms with Crippen LogP contribution in [0.2, 0.25) is 0 Å². The molecule has 0 aliphatic carbocycles. The number of carbonyl (C=O) groups is 2. The first-order chi connectivity index (χ1) is 11.9. The summed E-state index contributed by atoms with van der Waals surface area (Å²) < 4.78 is 13.3. The third-order valence-electron chi connectivity index (χ3n) is 3.40. The zero-order valence-electron chi connectivity index (χ0n) is 13.4. The lowest BCUT2D eigenvalue weighted by molar-refractivity contribution is -0.387. The van der Waals surface area contributed by atoms with Gasteiger partial charge in [-0.2, -0.15) is 4.39 Å². The Morgan fingerprint density at radius 1 is 1.20 bits per heavy atom. The van der Waals surface area contributed by atoms with Gasteiger partial charge in [0.25, 0.3) is 0 Å². The van der Waals surface area contributed by atoms with Crippen LogP contribution in [0.25, 0.3) is 0 Å². The quantitative estimate of drug-likeness (QED) is 0.621. The van der Waals surface area contributed by atoms with E-state index in [4.69, 9.17) is 0 Å². The molecule has 0 unspecified atom stereocenters. The van der Waals surface area contributed by atoms with E-state index < -0.39 is 28.4 Å². The summed E-state index contributed by atoms with van der Waals surface area (Å²) in [6, 6.07) is 11.5. The van der Waals surface area contributed by atoms with Gasteiger partial charge in [0.2, 0.25) is 17.6 Å². The second kappa shape index (κ2) is 8.00. The van der Waals surface area contributed by atoms with Gasteiger partial charge in [-0.05, 0) is 17.7 Å². The van der Waals surface area contributed by atoms with E-state index in [1.54, 1.807) is 24.3 Å². The van der Waals surface area contributed by atoms with Crippen LogP contribution in [0.15, 0.2) is 48.5 Å². The van der Waals surface area contributed by atoms with E-state index in [0.717, 1.165) is 17.7 Å². The lowest BCUT2D eigenvalue weighted by atomic mass is 10.0. The molecule has 0 heterocycles. The first-order valence-corrected chi connectivity index (χ1v) is 7.42. The van der Waals surface area contributed by atoms with Crippen LogP contribution in [-0.2, 0) is 9.59 Å². The summed E-state index contributed by atoms with van der Waals surface area (Å²) in [4.78, 5) is 33.5. The van der Waals surface area contributed by atoms with Gasteiger partial charge in [0.1, 0.15) is 0 Å². The van der Waals surface area contributed by atoms with Crippen molar-refractivity contribution in [2.24, 2.45) is 0 Å². The van der Waals surface area contributed by atoms with Crippen LogP contribution in [0, 0.1) is 15.9 Å². The third kappa shape index (κ3) is 5.10. The minimum atomic E-state index is -0.983. The third-order valence-corrected chi connectivity index (χ3v) is 3.40. The van der Waals surface area contributed by atoms with Crippen molar-refractivity contribution in [3.8, 4) is 0 Å². The van der Waals surface area contributed by atoms with Crippen LogP contribution < -0.4 is 10.6 Å². The Kier molecular flexibility index (Phi) is 5.78. The molecule has 1 atom stereocenters. The highest BCUT2D eigenvalue weighted by atomic mass is 19.1. The number of amides is 2. The number of anilines is 1. The Morgan fingerprint density at radius 2 is 1.88 bits per heavy atom. The highest BCUT2D eigenvalue weighted by molar-refractivity contribution is 5.92. The Hall–Kier alpha value is -3.29. The van der Waals surface area contributed by atoms with Crippen LogP contribution >= 0.6 is 0 Å². The fourth-order valence-electron chi connectivity index (χ4n) is 2.31. The standard InChI is InChI=1S/C17H16FN3O4/c1-11(22)19-15(12-5-3-2-4-6-12)10-17(23)20-13-7-8-14(18)16(9-13)21(24)25/h2-9,15H,10H2,1H3,(H,19,22)(H,20,23)/t15-/m1/s1. The second-order valence-corrected chi connectivity index (χ2v) is 5.34. The monoisotopic (exact) mass is 345 g/mol. The maximum absolute atomic E-state index is 13.3. The van der Waals surface area contributed by atoms with Gasteiger partial charge in [0.05, 0.1) is 17.4 Å². The topological polar surface area (TPSA) is 101 Å². The highest BCUT2D eigenvalue weighted by Crippen LogP contribution is 2.23. The Labute approximate surface area is 143 Å². The van der Waals surface area contributed by atoms with Crippen LogP contribution in [0.4, 0.5) is 15.8 Å². The molecular formula is C17H16FN3O4. The van der Waals surface area contributed by atoms with E-state index in [1.807, 2.05) is 6.07 Å². The van der Waals surface area contributed by atoms with E-state index in [9.17, 15) is 24.1 Å². The van der Waals surface area contributed by atoms with Gasteiger partial charge in [-0.25, -0.2) is 0 Å². The van der Waals surface area contributed by atoms with Crippen LogP contribution in [0.5, 0.6) is 0 Å². The number of nitrogens with zero attached hydrogens (tertiary/aromatic N) is 1. The van der Waals surface area contributed by atoms with Gasteiger partial charge in [0, 0.05) is 18.7 Å². The summed E-state index contributed by atoms with van der Waals surface area (Å²) in [5.74, 6) is -1.74. The first kappa shape index (κ1) is 18.1. The average molecular weight is 345 g/mol. The number of nitrogens with one attached hydrogen (secondary N) is 2. The minimum Gasteiger partial charge on any atom is -0.349 e. The number of nitro groups is 1. The smallest absolute Gasteiger partial charge is 0.306 e. The van der Waals surface area contributed by atoms with E-state index >= 15 is 0 Å². The predicted octanol–water partition coefficient (Wildman–Crippen LogP) is 2.94. The summed E-state index contributed by atoms with van der Waals surface area (Å²) in [6.07, 6.45) is -0.0746. The molecule has 130 valence electrons. The molecule has 0 saturated carbocycles. The van der Waals surface area contributed by atoms with E-state index in [2.05, 4.69) is 10.6 Å². The molecule has 2 amide bonds. The lowest BCUT2D eigenvalue weighted by Crippen LogP contribution is -2.29. The van der Waals surface area contributed by atoms with Crippen LogP contribution in [-0.4, -0.2) is 16.7 Å².